The molecule has 2 N–H and O–H groups in total. The first-order valence-electron chi connectivity index (χ1n) is 4.60. The quantitative estimate of drug-likeness (QED) is 0.577. The Bertz CT molecular complexity index is 350. The Morgan fingerprint density at radius 1 is 1.50 bits per heavy atom. The van der Waals surface area contributed by atoms with Crippen molar-refractivity contribution in [2.24, 2.45) is 0 Å². The van der Waals surface area contributed by atoms with Gasteiger partial charge in [0.15, 0.2) is 0 Å². The van der Waals surface area contributed by atoms with Crippen LogP contribution in [-0.4, -0.2) is 18.5 Å². The number of terminal acetylenes is 1. The number of rotatable bonds is 3. The molecule has 1 aromatic carbocycles. The lowest BCUT2D eigenvalue weighted by Gasteiger charge is -2.13. The first-order chi connectivity index (χ1) is 6.63. The van der Waals surface area contributed by atoms with Gasteiger partial charge in [0.2, 0.25) is 0 Å². The number of benzene rings is 1. The molecule has 0 fully saturated rings. The molecule has 0 aromatic heterocycles. The zero-order valence-corrected chi connectivity index (χ0v) is 8.75. The second kappa shape index (κ2) is 4.69. The van der Waals surface area contributed by atoms with Gasteiger partial charge in [0.25, 0.3) is 0 Å². The fourth-order valence-electron chi connectivity index (χ4n) is 1.31. The number of nitrogens with two attached hydrogens (primary N) is 1. The van der Waals surface area contributed by atoms with Crippen molar-refractivity contribution in [1.29, 1.82) is 0 Å². The summed E-state index contributed by atoms with van der Waals surface area (Å²) in [5, 5.41) is 0. The number of aryl methyl sites for hydroxylation is 1. The molecule has 1 aromatic rings. The Balaban J connectivity index is 2.69. The van der Waals surface area contributed by atoms with Crippen LogP contribution in [0.3, 0.4) is 0 Å². The van der Waals surface area contributed by atoms with Gasteiger partial charge in [-0.2, -0.15) is 0 Å². The van der Waals surface area contributed by atoms with Gasteiger partial charge in [-0.25, -0.2) is 0 Å². The Kier molecular flexibility index (Phi) is 3.55. The minimum Gasteiger partial charge on any atom is -0.399 e. The average Bonchev–Trinajstić information content (AvgIpc) is 2.12. The largest absolute Gasteiger partial charge is 0.399 e. The summed E-state index contributed by atoms with van der Waals surface area (Å²) >= 11 is 0. The summed E-state index contributed by atoms with van der Waals surface area (Å²) in [4.78, 5) is 2.07. The van der Waals surface area contributed by atoms with Crippen LogP contribution in [0.1, 0.15) is 11.1 Å². The van der Waals surface area contributed by atoms with E-state index in [0.29, 0.717) is 6.54 Å². The van der Waals surface area contributed by atoms with Gasteiger partial charge < -0.3 is 5.73 Å². The van der Waals surface area contributed by atoms with Gasteiger partial charge >= 0.3 is 0 Å². The molecule has 0 heterocycles. The van der Waals surface area contributed by atoms with Crippen molar-refractivity contribution >= 4 is 5.69 Å². The van der Waals surface area contributed by atoms with Crippen molar-refractivity contribution in [1.82, 2.24) is 4.90 Å². The molecule has 0 aliphatic rings. The molecule has 0 atom stereocenters. The molecule has 0 bridgehead atoms. The fourth-order valence-corrected chi connectivity index (χ4v) is 1.31. The van der Waals surface area contributed by atoms with Gasteiger partial charge in [0.05, 0.1) is 6.54 Å². The van der Waals surface area contributed by atoms with Crippen LogP contribution in [0.2, 0.25) is 0 Å². The molecule has 2 nitrogen and oxygen atoms in total. The van der Waals surface area contributed by atoms with Crippen LogP contribution in [-0.2, 0) is 6.54 Å². The van der Waals surface area contributed by atoms with E-state index in [9.17, 15) is 0 Å². The first kappa shape index (κ1) is 10.6. The highest BCUT2D eigenvalue weighted by atomic mass is 15.1. The maximum atomic E-state index is 5.81. The molecule has 0 unspecified atom stereocenters. The third-order valence-electron chi connectivity index (χ3n) is 2.16. The highest BCUT2D eigenvalue weighted by Crippen LogP contribution is 2.13. The van der Waals surface area contributed by atoms with E-state index in [-0.39, 0.29) is 0 Å². The normalized spacial score (nSPS) is 10.1. The van der Waals surface area contributed by atoms with Crippen molar-refractivity contribution < 1.29 is 0 Å². The topological polar surface area (TPSA) is 29.3 Å². The second-order valence-electron chi connectivity index (χ2n) is 3.57. The van der Waals surface area contributed by atoms with Gasteiger partial charge in [-0.15, -0.1) is 6.42 Å². The Morgan fingerprint density at radius 2 is 2.21 bits per heavy atom. The summed E-state index contributed by atoms with van der Waals surface area (Å²) in [5.74, 6) is 2.61. The number of anilines is 1. The van der Waals surface area contributed by atoms with Crippen molar-refractivity contribution in [2.75, 3.05) is 19.3 Å². The predicted molar refractivity (Wildman–Crippen MR) is 60.8 cm³/mol. The first-order valence-corrected chi connectivity index (χ1v) is 4.60. The number of hydrogen-bond donors (Lipinski definition) is 1. The molecule has 14 heavy (non-hydrogen) atoms. The molecule has 2 heteroatoms. The van der Waals surface area contributed by atoms with E-state index in [1.54, 1.807) is 0 Å². The molecule has 0 radical (unpaired) electrons. The van der Waals surface area contributed by atoms with E-state index < -0.39 is 0 Å². The minimum absolute atomic E-state index is 0.660. The Morgan fingerprint density at radius 3 is 2.79 bits per heavy atom. The zero-order valence-electron chi connectivity index (χ0n) is 8.75. The lowest BCUT2D eigenvalue weighted by Crippen LogP contribution is -2.17. The Hall–Kier alpha value is -1.46. The van der Waals surface area contributed by atoms with Crippen molar-refractivity contribution in [3.8, 4) is 12.3 Å². The molecule has 0 saturated carbocycles. The third kappa shape index (κ3) is 2.79. The van der Waals surface area contributed by atoms with E-state index >= 15 is 0 Å². The molecule has 0 aliphatic heterocycles. The number of nitrogens with zero attached hydrogens (tertiary/aromatic N) is 1. The molecule has 0 spiro atoms. The molecule has 0 aliphatic carbocycles. The lowest BCUT2D eigenvalue weighted by atomic mass is 10.1. The minimum atomic E-state index is 0.660. The summed E-state index contributed by atoms with van der Waals surface area (Å²) in [6.07, 6.45) is 5.22. The lowest BCUT2D eigenvalue weighted by molar-refractivity contribution is 0.369. The molecular formula is C12H16N2. The van der Waals surface area contributed by atoms with E-state index in [0.717, 1.165) is 17.8 Å². The molecule has 1 rings (SSSR count). The van der Waals surface area contributed by atoms with Gasteiger partial charge in [-0.05, 0) is 31.2 Å². The van der Waals surface area contributed by atoms with Crippen molar-refractivity contribution in [3.05, 3.63) is 29.3 Å². The van der Waals surface area contributed by atoms with Crippen molar-refractivity contribution in [3.63, 3.8) is 0 Å². The van der Waals surface area contributed by atoms with Crippen LogP contribution < -0.4 is 5.73 Å². The van der Waals surface area contributed by atoms with Crippen molar-refractivity contribution in [2.45, 2.75) is 13.5 Å². The summed E-state index contributed by atoms with van der Waals surface area (Å²) in [5.41, 5.74) is 8.97. The fraction of sp³-hybridized carbons (Fsp3) is 0.333. The molecule has 0 amide bonds. The van der Waals surface area contributed by atoms with E-state index in [1.165, 1.54) is 5.56 Å². The molecule has 74 valence electrons. The van der Waals surface area contributed by atoms with E-state index in [2.05, 4.69) is 16.9 Å². The van der Waals surface area contributed by atoms with Crippen LogP contribution in [0.5, 0.6) is 0 Å². The summed E-state index contributed by atoms with van der Waals surface area (Å²) in [7, 11) is 2.00. The van der Waals surface area contributed by atoms with Crippen LogP contribution >= 0.6 is 0 Å². The smallest absolute Gasteiger partial charge is 0.0599 e. The van der Waals surface area contributed by atoms with Gasteiger partial charge in [0.1, 0.15) is 0 Å². The summed E-state index contributed by atoms with van der Waals surface area (Å²) in [6.45, 7) is 3.51. The average molecular weight is 188 g/mol. The van der Waals surface area contributed by atoms with Crippen LogP contribution in [0.25, 0.3) is 0 Å². The van der Waals surface area contributed by atoms with E-state index in [1.807, 2.05) is 26.1 Å². The molecular weight excluding hydrogens is 172 g/mol. The zero-order chi connectivity index (χ0) is 10.6. The van der Waals surface area contributed by atoms with Crippen LogP contribution in [0.15, 0.2) is 18.2 Å². The maximum Gasteiger partial charge on any atom is 0.0599 e. The standard InChI is InChI=1S/C12H16N2/c1-4-7-14(3)9-11-6-5-10(2)12(13)8-11/h1,5-6,8H,7,9,13H2,2-3H3. The number of nitrogen functional groups attached to an aromatic ring is 1. The van der Waals surface area contributed by atoms with Crippen LogP contribution in [0.4, 0.5) is 5.69 Å². The highest BCUT2D eigenvalue weighted by molar-refractivity contribution is 5.48. The van der Waals surface area contributed by atoms with Gasteiger partial charge in [0, 0.05) is 12.2 Å². The summed E-state index contributed by atoms with van der Waals surface area (Å²) < 4.78 is 0. The maximum absolute atomic E-state index is 5.81. The second-order valence-corrected chi connectivity index (χ2v) is 3.57. The number of hydrogen-bond acceptors (Lipinski definition) is 2. The SMILES string of the molecule is C#CCN(C)Cc1ccc(C)c(N)c1. The van der Waals surface area contributed by atoms with Gasteiger partial charge in [-0.1, -0.05) is 18.1 Å². The monoisotopic (exact) mass is 188 g/mol. The predicted octanol–water partition coefficient (Wildman–Crippen LogP) is 1.64. The summed E-state index contributed by atoms with van der Waals surface area (Å²) in [6, 6.07) is 6.12. The highest BCUT2D eigenvalue weighted by Gasteiger charge is 2.00. The molecule has 0 saturated heterocycles. The van der Waals surface area contributed by atoms with E-state index in [4.69, 9.17) is 12.2 Å². The van der Waals surface area contributed by atoms with Crippen LogP contribution in [0, 0.1) is 19.3 Å². The third-order valence-corrected chi connectivity index (χ3v) is 2.16. The Labute approximate surface area is 85.7 Å². The van der Waals surface area contributed by atoms with Gasteiger partial charge in [-0.3, -0.25) is 4.90 Å².